The summed E-state index contributed by atoms with van der Waals surface area (Å²) in [4.78, 5) is 20.2. The zero-order valence-electron chi connectivity index (χ0n) is 6.74. The molecular formula is C8H8N4O. The Bertz CT molecular complexity index is 457. The van der Waals surface area contributed by atoms with Crippen molar-refractivity contribution >= 4 is 5.95 Å². The third-order valence-electron chi connectivity index (χ3n) is 1.65. The third-order valence-corrected chi connectivity index (χ3v) is 1.65. The molecule has 0 unspecified atom stereocenters. The first-order valence-electron chi connectivity index (χ1n) is 3.76. The van der Waals surface area contributed by atoms with Crippen molar-refractivity contribution in [1.82, 2.24) is 15.0 Å². The van der Waals surface area contributed by atoms with E-state index in [-0.39, 0.29) is 11.5 Å². The molecule has 2 aromatic rings. The average Bonchev–Trinajstić information content (AvgIpc) is 2.53. The highest BCUT2D eigenvalue weighted by molar-refractivity contribution is 5.58. The predicted octanol–water partition coefficient (Wildman–Crippen LogP) is 0.347. The molecule has 0 spiro atoms. The smallest absolute Gasteiger partial charge is 0.252 e. The van der Waals surface area contributed by atoms with Gasteiger partial charge in [-0.25, -0.2) is 4.98 Å². The van der Waals surface area contributed by atoms with Gasteiger partial charge in [-0.2, -0.15) is 0 Å². The minimum absolute atomic E-state index is 0.128. The predicted molar refractivity (Wildman–Crippen MR) is 49.1 cm³/mol. The van der Waals surface area contributed by atoms with Gasteiger partial charge in [-0.15, -0.1) is 0 Å². The molecule has 2 rings (SSSR count). The molecule has 0 aliphatic carbocycles. The summed E-state index contributed by atoms with van der Waals surface area (Å²) in [5.41, 5.74) is 6.56. The third kappa shape index (κ3) is 1.44. The quantitative estimate of drug-likeness (QED) is 0.585. The van der Waals surface area contributed by atoms with Crippen LogP contribution in [0, 0.1) is 0 Å². The number of aromatic nitrogens is 3. The molecule has 5 nitrogen and oxygen atoms in total. The Balaban J connectivity index is 2.59. The standard InChI is InChI=1S/C8H8N4O/c9-8-11-6(3-7(13)12-8)5-1-2-10-4-5/h1-4,10H,(H3,9,11,12,13). The van der Waals surface area contributed by atoms with Gasteiger partial charge in [-0.1, -0.05) is 0 Å². The molecule has 2 aromatic heterocycles. The Kier molecular flexibility index (Phi) is 1.63. The number of hydrogen-bond acceptors (Lipinski definition) is 3. The summed E-state index contributed by atoms with van der Waals surface area (Å²) in [6, 6.07) is 3.22. The van der Waals surface area contributed by atoms with Crippen molar-refractivity contribution in [3.63, 3.8) is 0 Å². The van der Waals surface area contributed by atoms with Gasteiger partial charge >= 0.3 is 0 Å². The van der Waals surface area contributed by atoms with E-state index in [1.165, 1.54) is 6.07 Å². The van der Waals surface area contributed by atoms with Crippen LogP contribution < -0.4 is 11.3 Å². The van der Waals surface area contributed by atoms with Gasteiger partial charge in [0, 0.05) is 24.0 Å². The molecule has 0 radical (unpaired) electrons. The molecule has 0 saturated heterocycles. The molecule has 0 amide bonds. The Labute approximate surface area is 73.6 Å². The summed E-state index contributed by atoms with van der Waals surface area (Å²) >= 11 is 0. The number of hydrogen-bond donors (Lipinski definition) is 3. The van der Waals surface area contributed by atoms with Crippen LogP contribution in [0.1, 0.15) is 0 Å². The fourth-order valence-corrected chi connectivity index (χ4v) is 1.11. The van der Waals surface area contributed by atoms with Crippen LogP contribution in [0.4, 0.5) is 5.95 Å². The van der Waals surface area contributed by atoms with Crippen molar-refractivity contribution in [2.75, 3.05) is 5.73 Å². The maximum Gasteiger partial charge on any atom is 0.252 e. The van der Waals surface area contributed by atoms with Crippen molar-refractivity contribution in [1.29, 1.82) is 0 Å². The van der Waals surface area contributed by atoms with Gasteiger partial charge in [0.2, 0.25) is 5.95 Å². The molecule has 0 aliphatic rings. The molecule has 0 atom stereocenters. The molecule has 0 aliphatic heterocycles. The van der Waals surface area contributed by atoms with E-state index in [1.807, 2.05) is 6.07 Å². The first kappa shape index (κ1) is 7.60. The monoisotopic (exact) mass is 176 g/mol. The lowest BCUT2D eigenvalue weighted by atomic mass is 10.2. The Morgan fingerprint density at radius 3 is 2.92 bits per heavy atom. The zero-order valence-corrected chi connectivity index (χ0v) is 6.74. The highest BCUT2D eigenvalue weighted by Crippen LogP contribution is 2.13. The number of nitrogen functional groups attached to an aromatic ring is 1. The minimum atomic E-state index is -0.247. The van der Waals surface area contributed by atoms with Crippen LogP contribution in [-0.4, -0.2) is 15.0 Å². The first-order chi connectivity index (χ1) is 6.25. The Morgan fingerprint density at radius 2 is 2.31 bits per heavy atom. The van der Waals surface area contributed by atoms with Crippen LogP contribution >= 0.6 is 0 Å². The molecular weight excluding hydrogens is 168 g/mol. The second kappa shape index (κ2) is 2.78. The number of nitrogens with one attached hydrogen (secondary N) is 2. The van der Waals surface area contributed by atoms with Crippen molar-refractivity contribution in [3.8, 4) is 11.3 Å². The van der Waals surface area contributed by atoms with Gasteiger partial charge in [0.15, 0.2) is 0 Å². The first-order valence-corrected chi connectivity index (χ1v) is 3.76. The number of H-pyrrole nitrogens is 2. The lowest BCUT2D eigenvalue weighted by Gasteiger charge is -1.96. The fourth-order valence-electron chi connectivity index (χ4n) is 1.11. The molecule has 0 bridgehead atoms. The van der Waals surface area contributed by atoms with E-state index >= 15 is 0 Å². The van der Waals surface area contributed by atoms with Crippen molar-refractivity contribution in [2.45, 2.75) is 0 Å². The SMILES string of the molecule is Nc1nc(-c2cc[nH]c2)cc(=O)[nH]1. The number of rotatable bonds is 1. The summed E-state index contributed by atoms with van der Waals surface area (Å²) in [5, 5.41) is 0. The summed E-state index contributed by atoms with van der Waals surface area (Å²) in [6.45, 7) is 0. The Hall–Kier alpha value is -2.04. The minimum Gasteiger partial charge on any atom is -0.369 e. The van der Waals surface area contributed by atoms with Gasteiger partial charge in [0.1, 0.15) is 0 Å². The largest absolute Gasteiger partial charge is 0.369 e. The maximum absolute atomic E-state index is 11.0. The summed E-state index contributed by atoms with van der Waals surface area (Å²) in [6.07, 6.45) is 3.51. The normalized spacial score (nSPS) is 10.2. The maximum atomic E-state index is 11.0. The van der Waals surface area contributed by atoms with Crippen molar-refractivity contribution < 1.29 is 0 Å². The van der Waals surface area contributed by atoms with Crippen LogP contribution in [0.2, 0.25) is 0 Å². The van der Waals surface area contributed by atoms with E-state index in [1.54, 1.807) is 12.4 Å². The van der Waals surface area contributed by atoms with E-state index in [9.17, 15) is 4.79 Å². The lowest BCUT2D eigenvalue weighted by molar-refractivity contribution is 1.14. The van der Waals surface area contributed by atoms with Crippen molar-refractivity contribution in [3.05, 3.63) is 34.9 Å². The van der Waals surface area contributed by atoms with Crippen LogP contribution in [0.15, 0.2) is 29.3 Å². The van der Waals surface area contributed by atoms with Gasteiger partial charge in [0.25, 0.3) is 5.56 Å². The van der Waals surface area contributed by atoms with Crippen LogP contribution in [0.25, 0.3) is 11.3 Å². The average molecular weight is 176 g/mol. The van der Waals surface area contributed by atoms with Gasteiger partial charge in [-0.3, -0.25) is 9.78 Å². The van der Waals surface area contributed by atoms with Gasteiger partial charge in [0.05, 0.1) is 5.69 Å². The van der Waals surface area contributed by atoms with Crippen LogP contribution in [0.5, 0.6) is 0 Å². The van der Waals surface area contributed by atoms with E-state index in [4.69, 9.17) is 5.73 Å². The number of nitrogens with two attached hydrogens (primary N) is 1. The topological polar surface area (TPSA) is 87.6 Å². The zero-order chi connectivity index (χ0) is 9.26. The van der Waals surface area contributed by atoms with Crippen LogP contribution in [-0.2, 0) is 0 Å². The highest BCUT2D eigenvalue weighted by atomic mass is 16.1. The van der Waals surface area contributed by atoms with Gasteiger partial charge < -0.3 is 10.7 Å². The fraction of sp³-hybridized carbons (Fsp3) is 0. The van der Waals surface area contributed by atoms with Crippen LogP contribution in [0.3, 0.4) is 0 Å². The molecule has 66 valence electrons. The van der Waals surface area contributed by atoms with E-state index in [2.05, 4.69) is 15.0 Å². The molecule has 2 heterocycles. The number of anilines is 1. The summed E-state index contributed by atoms with van der Waals surface area (Å²) < 4.78 is 0. The molecule has 13 heavy (non-hydrogen) atoms. The molecule has 0 aromatic carbocycles. The Morgan fingerprint density at radius 1 is 1.46 bits per heavy atom. The van der Waals surface area contributed by atoms with E-state index in [0.29, 0.717) is 5.69 Å². The van der Waals surface area contributed by atoms with Crippen molar-refractivity contribution in [2.24, 2.45) is 0 Å². The summed E-state index contributed by atoms with van der Waals surface area (Å²) in [5.74, 6) is 0.128. The highest BCUT2D eigenvalue weighted by Gasteiger charge is 2.01. The second-order valence-corrected chi connectivity index (χ2v) is 2.62. The van der Waals surface area contributed by atoms with Gasteiger partial charge in [-0.05, 0) is 6.07 Å². The molecule has 0 saturated carbocycles. The van der Waals surface area contributed by atoms with E-state index < -0.39 is 0 Å². The number of nitrogens with zero attached hydrogens (tertiary/aromatic N) is 1. The molecule has 0 fully saturated rings. The van der Waals surface area contributed by atoms with E-state index in [0.717, 1.165) is 5.56 Å². The number of aromatic amines is 2. The molecule has 4 N–H and O–H groups in total. The lowest BCUT2D eigenvalue weighted by Crippen LogP contribution is -2.09. The molecule has 5 heteroatoms. The summed E-state index contributed by atoms with van der Waals surface area (Å²) in [7, 11) is 0. The second-order valence-electron chi connectivity index (χ2n) is 2.62.